The molecule has 9 nitrogen and oxygen atoms in total. The molecular formula is C12H11ClFN3O6S3. The molecule has 0 amide bonds. The third kappa shape index (κ3) is 4.49. The van der Waals surface area contributed by atoms with Gasteiger partial charge in [-0.1, -0.05) is 11.6 Å². The van der Waals surface area contributed by atoms with Crippen molar-refractivity contribution in [3.63, 3.8) is 0 Å². The summed E-state index contributed by atoms with van der Waals surface area (Å²) in [6.07, 6.45) is 0. The van der Waals surface area contributed by atoms with Gasteiger partial charge in [0.1, 0.15) is 15.6 Å². The first-order valence-electron chi connectivity index (χ1n) is 6.39. The Labute approximate surface area is 153 Å². The Balaban J connectivity index is 2.66. The van der Waals surface area contributed by atoms with E-state index < -0.39 is 56.4 Å². The Hall–Kier alpha value is -1.77. The molecule has 142 valence electrons. The monoisotopic (exact) mass is 443 g/mol. The number of nitrogens with one attached hydrogen (secondary N) is 1. The summed E-state index contributed by atoms with van der Waals surface area (Å²) in [5.41, 5.74) is -0.603. The molecule has 0 radical (unpaired) electrons. The minimum Gasteiger partial charge on any atom is -0.278 e. The minimum absolute atomic E-state index is 0.383. The van der Waals surface area contributed by atoms with E-state index >= 15 is 0 Å². The minimum atomic E-state index is -4.56. The molecule has 0 unspecified atom stereocenters. The van der Waals surface area contributed by atoms with Gasteiger partial charge in [0.15, 0.2) is 0 Å². The van der Waals surface area contributed by atoms with Crippen molar-refractivity contribution in [2.45, 2.75) is 14.7 Å². The number of anilines is 1. The Morgan fingerprint density at radius 1 is 0.846 bits per heavy atom. The molecular weight excluding hydrogens is 433 g/mol. The standard InChI is InChI=1S/C12H11ClFN3O6S3/c13-9-5-10(12(25(16,20)21)6-11(9)24(15,18)19)17-26(22,23)8-3-1-7(14)2-4-8/h1-6,17H,(H2,15,18,19)(H2,16,20,21). The maximum Gasteiger partial charge on any atom is 0.261 e. The molecule has 2 aromatic rings. The smallest absolute Gasteiger partial charge is 0.261 e. The third-order valence-electron chi connectivity index (χ3n) is 3.02. The molecule has 0 aliphatic rings. The summed E-state index contributed by atoms with van der Waals surface area (Å²) in [4.78, 5) is -2.00. The predicted molar refractivity (Wildman–Crippen MR) is 91.4 cm³/mol. The fourth-order valence-electron chi connectivity index (χ4n) is 1.89. The van der Waals surface area contributed by atoms with E-state index in [1.165, 1.54) is 0 Å². The van der Waals surface area contributed by atoms with Crippen molar-refractivity contribution in [2.75, 3.05) is 4.72 Å². The van der Waals surface area contributed by atoms with E-state index in [1.807, 2.05) is 4.72 Å². The summed E-state index contributed by atoms with van der Waals surface area (Å²) >= 11 is 5.75. The van der Waals surface area contributed by atoms with Gasteiger partial charge in [0.05, 0.1) is 15.6 Å². The fourth-order valence-corrected chi connectivity index (χ4v) is 4.89. The summed E-state index contributed by atoms with van der Waals surface area (Å²) in [6, 6.07) is 4.92. The molecule has 0 atom stereocenters. The zero-order valence-electron chi connectivity index (χ0n) is 12.5. The number of primary sulfonamides is 2. The number of hydrogen-bond acceptors (Lipinski definition) is 6. The lowest BCUT2D eigenvalue weighted by Crippen LogP contribution is -2.21. The number of benzene rings is 2. The van der Waals surface area contributed by atoms with E-state index in [2.05, 4.69) is 0 Å². The molecule has 0 aliphatic carbocycles. The lowest BCUT2D eigenvalue weighted by molar-refractivity contribution is 0.596. The molecule has 5 N–H and O–H groups in total. The van der Waals surface area contributed by atoms with Crippen LogP contribution >= 0.6 is 11.6 Å². The number of sulfonamides is 3. The van der Waals surface area contributed by atoms with Gasteiger partial charge in [-0.15, -0.1) is 0 Å². The van der Waals surface area contributed by atoms with Crippen LogP contribution in [0.5, 0.6) is 0 Å². The lowest BCUT2D eigenvalue weighted by atomic mass is 10.3. The quantitative estimate of drug-likeness (QED) is 0.610. The van der Waals surface area contributed by atoms with Crippen LogP contribution in [0, 0.1) is 5.82 Å². The maximum absolute atomic E-state index is 12.9. The van der Waals surface area contributed by atoms with E-state index in [0.717, 1.165) is 30.3 Å². The summed E-state index contributed by atoms with van der Waals surface area (Å²) in [5.74, 6) is -0.685. The fraction of sp³-hybridized carbons (Fsp3) is 0. The van der Waals surface area contributed by atoms with Crippen LogP contribution < -0.4 is 15.0 Å². The highest BCUT2D eigenvalue weighted by molar-refractivity contribution is 7.93. The Kier molecular flexibility index (Phi) is 5.34. The zero-order chi connectivity index (χ0) is 19.9. The average Bonchev–Trinajstić information content (AvgIpc) is 2.44. The van der Waals surface area contributed by atoms with Crippen molar-refractivity contribution in [3.8, 4) is 0 Å². The second-order valence-corrected chi connectivity index (χ2v) is 10.1. The number of hydrogen-bond donors (Lipinski definition) is 3. The van der Waals surface area contributed by atoms with Crippen LogP contribution in [-0.2, 0) is 30.1 Å². The first-order chi connectivity index (χ1) is 11.7. The van der Waals surface area contributed by atoms with Crippen LogP contribution in [0.4, 0.5) is 10.1 Å². The predicted octanol–water partition coefficient (Wildman–Crippen LogP) is 0.575. The molecule has 26 heavy (non-hydrogen) atoms. The molecule has 0 heterocycles. The first-order valence-corrected chi connectivity index (χ1v) is 11.3. The Morgan fingerprint density at radius 3 is 1.81 bits per heavy atom. The summed E-state index contributed by atoms with van der Waals surface area (Å²) in [5, 5.41) is 9.41. The maximum atomic E-state index is 12.9. The molecule has 0 bridgehead atoms. The molecule has 14 heteroatoms. The van der Waals surface area contributed by atoms with Gasteiger partial charge in [0, 0.05) is 0 Å². The van der Waals surface area contributed by atoms with Gasteiger partial charge in [0.2, 0.25) is 20.0 Å². The van der Waals surface area contributed by atoms with E-state index in [1.54, 1.807) is 0 Å². The molecule has 0 fully saturated rings. The summed E-state index contributed by atoms with van der Waals surface area (Å²) in [6.45, 7) is 0. The van der Waals surface area contributed by atoms with Crippen LogP contribution in [0.25, 0.3) is 0 Å². The van der Waals surface area contributed by atoms with Gasteiger partial charge in [0.25, 0.3) is 10.0 Å². The van der Waals surface area contributed by atoms with Gasteiger partial charge in [-0.3, -0.25) is 4.72 Å². The van der Waals surface area contributed by atoms with Crippen molar-refractivity contribution in [1.82, 2.24) is 0 Å². The van der Waals surface area contributed by atoms with Crippen molar-refractivity contribution in [1.29, 1.82) is 0 Å². The van der Waals surface area contributed by atoms with Crippen LogP contribution in [0.15, 0.2) is 51.1 Å². The third-order valence-corrected chi connectivity index (χ3v) is 6.72. The van der Waals surface area contributed by atoms with Crippen LogP contribution in [-0.4, -0.2) is 25.3 Å². The van der Waals surface area contributed by atoms with Crippen molar-refractivity contribution < 1.29 is 29.6 Å². The number of rotatable bonds is 5. The first kappa shape index (κ1) is 20.5. The number of halogens is 2. The summed E-state index contributed by atoms with van der Waals surface area (Å²) < 4.78 is 85.9. The molecule has 0 aromatic heterocycles. The van der Waals surface area contributed by atoms with Crippen LogP contribution in [0.2, 0.25) is 5.02 Å². The normalized spacial score (nSPS) is 12.8. The van der Waals surface area contributed by atoms with Crippen LogP contribution in [0.1, 0.15) is 0 Å². The second-order valence-electron chi connectivity index (χ2n) is 4.93. The Bertz CT molecular complexity index is 1180. The van der Waals surface area contributed by atoms with Crippen molar-refractivity contribution >= 4 is 47.4 Å². The Morgan fingerprint density at radius 2 is 1.35 bits per heavy atom. The molecule has 0 aliphatic heterocycles. The van der Waals surface area contributed by atoms with E-state index in [4.69, 9.17) is 21.9 Å². The van der Waals surface area contributed by atoms with Gasteiger partial charge >= 0.3 is 0 Å². The van der Waals surface area contributed by atoms with E-state index in [9.17, 15) is 29.6 Å². The largest absolute Gasteiger partial charge is 0.278 e. The van der Waals surface area contributed by atoms with Gasteiger partial charge in [-0.05, 0) is 36.4 Å². The molecule has 2 rings (SSSR count). The second kappa shape index (κ2) is 6.75. The highest BCUT2D eigenvalue weighted by atomic mass is 35.5. The molecule has 0 saturated heterocycles. The molecule has 0 spiro atoms. The highest BCUT2D eigenvalue weighted by Crippen LogP contribution is 2.32. The molecule has 0 saturated carbocycles. The SMILES string of the molecule is NS(=O)(=O)c1cc(S(N)(=O)=O)c(NS(=O)(=O)c2ccc(F)cc2)cc1Cl. The van der Waals surface area contributed by atoms with Gasteiger partial charge in [-0.2, -0.15) is 0 Å². The topological polar surface area (TPSA) is 166 Å². The van der Waals surface area contributed by atoms with Gasteiger partial charge in [-0.25, -0.2) is 39.9 Å². The summed E-state index contributed by atoms with van der Waals surface area (Å²) in [7, 11) is -13.3. The van der Waals surface area contributed by atoms with Crippen molar-refractivity contribution in [2.24, 2.45) is 10.3 Å². The van der Waals surface area contributed by atoms with Crippen molar-refractivity contribution in [3.05, 3.63) is 47.2 Å². The highest BCUT2D eigenvalue weighted by Gasteiger charge is 2.25. The lowest BCUT2D eigenvalue weighted by Gasteiger charge is -2.14. The average molecular weight is 444 g/mol. The number of nitrogens with two attached hydrogens (primary N) is 2. The van der Waals surface area contributed by atoms with E-state index in [-0.39, 0.29) is 4.90 Å². The molecule has 2 aromatic carbocycles. The van der Waals surface area contributed by atoms with Crippen LogP contribution in [0.3, 0.4) is 0 Å². The van der Waals surface area contributed by atoms with E-state index in [0.29, 0.717) is 6.07 Å². The zero-order valence-corrected chi connectivity index (χ0v) is 15.8. The van der Waals surface area contributed by atoms with Gasteiger partial charge < -0.3 is 0 Å².